The van der Waals surface area contributed by atoms with E-state index in [0.717, 1.165) is 17.0 Å². The number of halogens is 1. The van der Waals surface area contributed by atoms with Crippen molar-refractivity contribution >= 4 is 30.7 Å². The molecule has 9 atom stereocenters. The van der Waals surface area contributed by atoms with Crippen LogP contribution in [0.25, 0.3) is 11.2 Å². The largest absolute Gasteiger partial charge is 0.756 e. The van der Waals surface area contributed by atoms with Gasteiger partial charge in [-0.25, -0.2) is 24.1 Å². The van der Waals surface area contributed by atoms with E-state index in [9.17, 15) is 23.8 Å². The van der Waals surface area contributed by atoms with Gasteiger partial charge in [0.25, 0.3) is 13.4 Å². The number of aromatic amines is 1. The Hall–Kier alpha value is -3.62. The highest BCUT2D eigenvalue weighted by atomic mass is 31.2. The molecule has 0 bridgehead atoms. The van der Waals surface area contributed by atoms with Crippen LogP contribution in [0.5, 0.6) is 0 Å². The summed E-state index contributed by atoms with van der Waals surface area (Å²) in [6, 6.07) is 1.16. The van der Waals surface area contributed by atoms with E-state index in [1.807, 2.05) is 13.8 Å². The quantitative estimate of drug-likeness (QED) is 0.185. The van der Waals surface area contributed by atoms with Gasteiger partial charge in [-0.05, 0) is 27.7 Å². The summed E-state index contributed by atoms with van der Waals surface area (Å²) in [7, 11) is -3.64. The predicted octanol–water partition coefficient (Wildman–Crippen LogP) is -0.0673. The molecule has 5 heterocycles. The van der Waals surface area contributed by atoms with E-state index in [4.69, 9.17) is 33.7 Å². The first-order valence-corrected chi connectivity index (χ1v) is 16.9. The second kappa shape index (κ2) is 15.1. The molecule has 0 radical (unpaired) electrons. The molecule has 3 aromatic heterocycles. The molecule has 2 saturated heterocycles. The normalized spacial score (nSPS) is 28.4. The fourth-order valence-corrected chi connectivity index (χ4v) is 6.93. The first-order valence-electron chi connectivity index (χ1n) is 15.5. The molecule has 19 nitrogen and oxygen atoms in total. The summed E-state index contributed by atoms with van der Waals surface area (Å²) < 4.78 is 64.7. The number of methoxy groups -OCH3 is 1. The number of nitrogens with two attached hydrogens (primary N) is 1. The third kappa shape index (κ3) is 8.24. The Morgan fingerprint density at radius 1 is 1.12 bits per heavy atom. The van der Waals surface area contributed by atoms with Gasteiger partial charge in [0.05, 0.1) is 31.2 Å². The molecule has 4 N–H and O–H groups in total. The maximum Gasteiger partial charge on any atom is 0.330 e. The fraction of sp³-hybridized carbons (Fsp3) is 0.643. The number of phosphoric acid groups is 1. The lowest BCUT2D eigenvalue weighted by atomic mass is 9.93. The van der Waals surface area contributed by atoms with Crippen molar-refractivity contribution in [1.82, 2.24) is 34.4 Å². The topological polar surface area (TPSA) is 249 Å². The molecule has 1 unspecified atom stereocenters. The van der Waals surface area contributed by atoms with Gasteiger partial charge in [0.15, 0.2) is 30.1 Å². The van der Waals surface area contributed by atoms with E-state index < -0.39 is 80.0 Å². The zero-order valence-electron chi connectivity index (χ0n) is 27.3. The third-order valence-electron chi connectivity index (χ3n) is 7.93. The van der Waals surface area contributed by atoms with Crippen LogP contribution in [0.2, 0.25) is 0 Å². The van der Waals surface area contributed by atoms with Gasteiger partial charge in [-0.3, -0.25) is 28.3 Å². The second-order valence-electron chi connectivity index (χ2n) is 12.1. The number of aromatic nitrogens is 6. The number of amides is 1. The van der Waals surface area contributed by atoms with Crippen LogP contribution in [0.3, 0.4) is 0 Å². The van der Waals surface area contributed by atoms with Crippen molar-refractivity contribution in [2.24, 2.45) is 5.92 Å². The lowest BCUT2D eigenvalue weighted by Crippen LogP contribution is -2.43. The number of nitrogen functional groups attached to an aromatic ring is 1. The first-order chi connectivity index (χ1) is 23.2. The molecule has 0 aromatic carbocycles. The molecule has 2 aliphatic rings. The monoisotopic (exact) mass is 713 g/mol. The van der Waals surface area contributed by atoms with Crippen LogP contribution < -0.4 is 27.2 Å². The molecule has 5 rings (SSSR count). The summed E-state index contributed by atoms with van der Waals surface area (Å²) in [6.45, 7) is 6.24. The number of carbonyl (C=O) groups is 1. The fourth-order valence-electron chi connectivity index (χ4n) is 5.82. The number of H-pyrrole nitrogens is 1. The van der Waals surface area contributed by atoms with Gasteiger partial charge in [0, 0.05) is 38.3 Å². The molecule has 0 saturated carbocycles. The molecule has 0 aliphatic carbocycles. The Labute approximate surface area is 278 Å². The van der Waals surface area contributed by atoms with E-state index in [1.54, 1.807) is 0 Å². The van der Waals surface area contributed by atoms with Crippen molar-refractivity contribution in [2.75, 3.05) is 26.0 Å². The van der Waals surface area contributed by atoms with Gasteiger partial charge in [-0.2, -0.15) is 0 Å². The third-order valence-corrected chi connectivity index (χ3v) is 9.11. The van der Waals surface area contributed by atoms with Crippen LogP contribution in [-0.4, -0.2) is 98.0 Å². The van der Waals surface area contributed by atoms with Crippen molar-refractivity contribution in [3.8, 4) is 0 Å². The van der Waals surface area contributed by atoms with Crippen LogP contribution in [0.4, 0.5) is 10.2 Å². The number of fused-ring (bicyclic) bond motifs is 1. The molecule has 49 heavy (non-hydrogen) atoms. The van der Waals surface area contributed by atoms with E-state index in [2.05, 4.69) is 25.3 Å². The van der Waals surface area contributed by atoms with E-state index in [-0.39, 0.29) is 42.7 Å². The molecular weight excluding hydrogens is 674 g/mol. The van der Waals surface area contributed by atoms with Crippen LogP contribution >= 0.6 is 7.82 Å². The Morgan fingerprint density at radius 3 is 2.53 bits per heavy atom. The zero-order valence-corrected chi connectivity index (χ0v) is 28.2. The molecule has 2 fully saturated rings. The number of ether oxygens (including phenoxy) is 4. The highest BCUT2D eigenvalue weighted by molar-refractivity contribution is 7.45. The van der Waals surface area contributed by atoms with E-state index in [1.165, 1.54) is 38.0 Å². The summed E-state index contributed by atoms with van der Waals surface area (Å²) in [5, 5.41) is 2.66. The number of anilines is 1. The smallest absolute Gasteiger partial charge is 0.330 e. The van der Waals surface area contributed by atoms with Gasteiger partial charge >= 0.3 is 5.69 Å². The molecule has 2 aliphatic heterocycles. The Bertz CT molecular complexity index is 1790. The summed E-state index contributed by atoms with van der Waals surface area (Å²) in [5.74, 6) is -1.18. The maximum atomic E-state index is 16.1. The molecular formula is C28H39FN8O11P-. The average Bonchev–Trinajstić information content (AvgIpc) is 3.68. The summed E-state index contributed by atoms with van der Waals surface area (Å²) in [5.41, 5.74) is 4.85. The van der Waals surface area contributed by atoms with E-state index >= 15 is 4.39 Å². The zero-order chi connectivity index (χ0) is 35.6. The van der Waals surface area contributed by atoms with Crippen LogP contribution in [0.1, 0.15) is 46.6 Å². The van der Waals surface area contributed by atoms with Crippen LogP contribution in [0, 0.1) is 5.92 Å². The number of alkyl halides is 1. The number of nitrogens with one attached hydrogen (secondary N) is 2. The highest BCUT2D eigenvalue weighted by Crippen LogP contribution is 2.47. The molecule has 3 aromatic rings. The SMILES string of the molecule is CO[C@@H]1[C@H](CC(=O)NC[C@H]2O[C@@H](n3cnc4c(N)ncnc43)[C@H](F)[C@@H]2OP(=O)([O-])OC(C)C)[C@@H](COC(C)C)O[C@H]1n1ccc(=O)[nH]c1=O. The highest BCUT2D eigenvalue weighted by Gasteiger charge is 2.50. The minimum Gasteiger partial charge on any atom is -0.756 e. The lowest BCUT2D eigenvalue weighted by molar-refractivity contribution is -0.235. The maximum absolute atomic E-state index is 16.1. The number of carbonyl (C=O) groups excluding carboxylic acids is 1. The summed E-state index contributed by atoms with van der Waals surface area (Å²) in [4.78, 5) is 64.6. The minimum absolute atomic E-state index is 0.0400. The number of hydrogen-bond donors (Lipinski definition) is 3. The Balaban J connectivity index is 1.35. The van der Waals surface area contributed by atoms with Crippen molar-refractivity contribution in [2.45, 2.75) is 89.4 Å². The predicted molar refractivity (Wildman–Crippen MR) is 165 cm³/mol. The number of phosphoric ester groups is 1. The van der Waals surface area contributed by atoms with Gasteiger partial charge in [0.2, 0.25) is 5.91 Å². The first kappa shape index (κ1) is 36.7. The van der Waals surface area contributed by atoms with Crippen molar-refractivity contribution in [3.05, 3.63) is 45.8 Å². The van der Waals surface area contributed by atoms with Crippen molar-refractivity contribution in [3.63, 3.8) is 0 Å². The number of hydrogen-bond acceptors (Lipinski definition) is 15. The number of nitrogens with zero attached hydrogens (tertiary/aromatic N) is 5. The molecule has 21 heteroatoms. The molecule has 1 amide bonds. The lowest BCUT2D eigenvalue weighted by Gasteiger charge is -2.30. The van der Waals surface area contributed by atoms with Crippen LogP contribution in [0.15, 0.2) is 34.5 Å². The molecule has 270 valence electrons. The summed E-state index contributed by atoms with van der Waals surface area (Å²) in [6.07, 6.45) is -6.73. The number of imidazole rings is 1. The number of rotatable bonds is 14. The van der Waals surface area contributed by atoms with E-state index in [0.29, 0.717) is 0 Å². The standard InChI is InChI=1S/C28H40FN8O11P/c1-13(2)44-10-17-15(22(43-5)27(46-17)36-7-6-18(38)35-28(36)40)8-19(39)31-9-16-23(48-49(41,42)47-14(3)4)20(29)26(45-16)37-12-34-21-24(30)32-11-33-25(21)37/h6-7,11-17,20,22-23,26-27H,8-10H2,1-5H3,(H,31,39)(H,41,42)(H2,30,32,33)(H,35,38,40)/p-1/t15-,16-,17-,20-,22-,23-,26-,27-/m1/s1. The average molecular weight is 714 g/mol. The Kier molecular flexibility index (Phi) is 11.3. The van der Waals surface area contributed by atoms with Gasteiger partial charge in [-0.1, -0.05) is 0 Å². The van der Waals surface area contributed by atoms with Crippen molar-refractivity contribution in [1.29, 1.82) is 0 Å². The molecule has 0 spiro atoms. The van der Waals surface area contributed by atoms with Gasteiger partial charge in [-0.15, -0.1) is 0 Å². The van der Waals surface area contributed by atoms with Crippen molar-refractivity contribution < 1.29 is 46.6 Å². The summed E-state index contributed by atoms with van der Waals surface area (Å²) >= 11 is 0. The Morgan fingerprint density at radius 2 is 1.86 bits per heavy atom. The second-order valence-corrected chi connectivity index (χ2v) is 13.4. The minimum atomic E-state index is -5.03. The van der Waals surface area contributed by atoms with Crippen LogP contribution in [-0.2, 0) is 37.4 Å². The van der Waals surface area contributed by atoms with Gasteiger partial charge in [0.1, 0.15) is 30.2 Å². The van der Waals surface area contributed by atoms with Gasteiger partial charge < -0.3 is 43.9 Å².